The molecule has 0 saturated heterocycles. The lowest BCUT2D eigenvalue weighted by Crippen LogP contribution is -2.49. The van der Waals surface area contributed by atoms with Crippen LogP contribution in [-0.4, -0.2) is 11.8 Å². The van der Waals surface area contributed by atoms with E-state index >= 15 is 0 Å². The summed E-state index contributed by atoms with van der Waals surface area (Å²) in [6.07, 6.45) is 8.80. The Bertz CT molecular complexity index is 310. The van der Waals surface area contributed by atoms with Crippen molar-refractivity contribution in [2.24, 2.45) is 28.9 Å². The summed E-state index contributed by atoms with van der Waals surface area (Å²) in [4.78, 5) is 11.6. The summed E-state index contributed by atoms with van der Waals surface area (Å²) < 4.78 is 0. The molecule has 3 saturated carbocycles. The highest BCUT2D eigenvalue weighted by Crippen LogP contribution is 2.61. The van der Waals surface area contributed by atoms with Gasteiger partial charge in [0.25, 0.3) is 0 Å². The molecular weight excluding hydrogens is 198 g/mol. The first kappa shape index (κ1) is 10.8. The predicted molar refractivity (Wildman–Crippen MR) is 63.9 cm³/mol. The Morgan fingerprint density at radius 3 is 2.75 bits per heavy atom. The summed E-state index contributed by atoms with van der Waals surface area (Å²) in [6, 6.07) is 0.397. The molecule has 5 atom stereocenters. The molecule has 0 radical (unpaired) electrons. The second kappa shape index (κ2) is 3.56. The van der Waals surface area contributed by atoms with E-state index in [2.05, 4.69) is 0 Å². The van der Waals surface area contributed by atoms with Crippen LogP contribution in [0.4, 0.5) is 0 Å². The van der Waals surface area contributed by atoms with E-state index in [9.17, 15) is 4.79 Å². The van der Waals surface area contributed by atoms with Crippen molar-refractivity contribution in [1.29, 1.82) is 0 Å². The first-order valence-corrected chi connectivity index (χ1v) is 6.89. The van der Waals surface area contributed by atoms with Crippen LogP contribution in [0.15, 0.2) is 0 Å². The molecule has 1 spiro atoms. The molecule has 0 aromatic heterocycles. The summed E-state index contributed by atoms with van der Waals surface area (Å²) in [7, 11) is 0. The first-order chi connectivity index (χ1) is 7.63. The van der Waals surface area contributed by atoms with E-state index in [4.69, 9.17) is 5.73 Å². The molecule has 0 aliphatic heterocycles. The minimum absolute atomic E-state index is 0.319. The average molecular weight is 221 g/mol. The summed E-state index contributed by atoms with van der Waals surface area (Å²) in [5.74, 6) is 2.33. The fraction of sp³-hybridized carbons (Fsp3) is 0.929. The van der Waals surface area contributed by atoms with Crippen LogP contribution in [0.25, 0.3) is 0 Å². The third-order valence-corrected chi connectivity index (χ3v) is 5.85. The zero-order chi connectivity index (χ0) is 11.3. The van der Waals surface area contributed by atoms with Crippen molar-refractivity contribution in [3.63, 3.8) is 0 Å². The molecule has 3 aliphatic carbocycles. The number of carbonyl (C=O) groups excluding carboxylic acids is 1. The van der Waals surface area contributed by atoms with Crippen LogP contribution in [0.3, 0.4) is 0 Å². The van der Waals surface area contributed by atoms with E-state index in [-0.39, 0.29) is 0 Å². The fourth-order valence-electron chi connectivity index (χ4n) is 4.97. The normalized spacial score (nSPS) is 51.1. The minimum atomic E-state index is 0.319. The molecule has 3 aliphatic rings. The molecule has 16 heavy (non-hydrogen) atoms. The molecule has 0 unspecified atom stereocenters. The minimum Gasteiger partial charge on any atom is -0.327 e. The number of nitrogens with two attached hydrogens (primary N) is 1. The molecule has 3 rings (SSSR count). The van der Waals surface area contributed by atoms with E-state index < -0.39 is 0 Å². The summed E-state index contributed by atoms with van der Waals surface area (Å²) in [5.41, 5.74) is 6.84. The highest BCUT2D eigenvalue weighted by Gasteiger charge is 2.57. The van der Waals surface area contributed by atoms with Gasteiger partial charge in [-0.3, -0.25) is 4.79 Å². The Hall–Kier alpha value is -0.370. The Kier molecular flexibility index (Phi) is 2.39. The van der Waals surface area contributed by atoms with Crippen molar-refractivity contribution in [3.8, 4) is 0 Å². The third kappa shape index (κ3) is 1.32. The molecular formula is C14H23NO. The van der Waals surface area contributed by atoms with Crippen LogP contribution in [0.2, 0.25) is 0 Å². The maximum atomic E-state index is 11.6. The summed E-state index contributed by atoms with van der Waals surface area (Å²) in [6.45, 7) is 1.77. The van der Waals surface area contributed by atoms with E-state index in [0.717, 1.165) is 24.7 Å². The molecule has 0 aromatic rings. The number of Topliss-reactive ketones (excluding diaryl/α,β-unsaturated/α-hetero) is 1. The van der Waals surface area contributed by atoms with Crippen LogP contribution in [0, 0.1) is 23.2 Å². The van der Waals surface area contributed by atoms with Gasteiger partial charge in [0.1, 0.15) is 5.78 Å². The number of ketones is 1. The topological polar surface area (TPSA) is 43.1 Å². The van der Waals surface area contributed by atoms with Crippen LogP contribution in [0.1, 0.15) is 51.9 Å². The van der Waals surface area contributed by atoms with E-state index in [1.807, 2.05) is 0 Å². The summed E-state index contributed by atoms with van der Waals surface area (Å²) in [5, 5.41) is 0. The van der Waals surface area contributed by atoms with Gasteiger partial charge in [0.15, 0.2) is 0 Å². The van der Waals surface area contributed by atoms with Crippen LogP contribution in [0.5, 0.6) is 0 Å². The number of carbonyl (C=O) groups is 1. The number of hydrogen-bond acceptors (Lipinski definition) is 2. The SMILES string of the molecule is CC(=O)[C@@H]1CCC[C@@]2(C1)[C@H]1CC[C@H](C1)[C@@H]2N. The van der Waals surface area contributed by atoms with Gasteiger partial charge in [-0.05, 0) is 62.7 Å². The molecule has 2 heteroatoms. The largest absolute Gasteiger partial charge is 0.327 e. The number of rotatable bonds is 1. The lowest BCUT2D eigenvalue weighted by Gasteiger charge is -2.47. The van der Waals surface area contributed by atoms with Gasteiger partial charge in [0, 0.05) is 12.0 Å². The highest BCUT2D eigenvalue weighted by molar-refractivity contribution is 5.78. The van der Waals surface area contributed by atoms with Crippen LogP contribution < -0.4 is 5.73 Å². The van der Waals surface area contributed by atoms with Crippen molar-refractivity contribution in [3.05, 3.63) is 0 Å². The predicted octanol–water partition coefficient (Wildman–Crippen LogP) is 2.51. The van der Waals surface area contributed by atoms with E-state index in [1.54, 1.807) is 6.92 Å². The van der Waals surface area contributed by atoms with Gasteiger partial charge in [0.2, 0.25) is 0 Å². The van der Waals surface area contributed by atoms with Crippen LogP contribution in [-0.2, 0) is 4.79 Å². The highest BCUT2D eigenvalue weighted by atomic mass is 16.1. The average Bonchev–Trinajstić information content (AvgIpc) is 2.84. The van der Waals surface area contributed by atoms with E-state index in [1.165, 1.54) is 32.1 Å². The van der Waals surface area contributed by atoms with Crippen molar-refractivity contribution < 1.29 is 4.79 Å². The lowest BCUT2D eigenvalue weighted by molar-refractivity contribution is -0.124. The molecule has 2 nitrogen and oxygen atoms in total. The molecule has 90 valence electrons. The maximum Gasteiger partial charge on any atom is 0.132 e. The third-order valence-electron chi connectivity index (χ3n) is 5.85. The summed E-state index contributed by atoms with van der Waals surface area (Å²) >= 11 is 0. The Morgan fingerprint density at radius 2 is 2.12 bits per heavy atom. The maximum absolute atomic E-state index is 11.6. The Balaban J connectivity index is 1.85. The molecule has 0 aromatic carbocycles. The van der Waals surface area contributed by atoms with Gasteiger partial charge < -0.3 is 5.73 Å². The van der Waals surface area contributed by atoms with Crippen molar-refractivity contribution in [2.45, 2.75) is 57.9 Å². The van der Waals surface area contributed by atoms with Gasteiger partial charge in [0.05, 0.1) is 0 Å². The van der Waals surface area contributed by atoms with Gasteiger partial charge in [-0.15, -0.1) is 0 Å². The molecule has 3 fully saturated rings. The molecule has 0 amide bonds. The molecule has 0 heterocycles. The van der Waals surface area contributed by atoms with Crippen molar-refractivity contribution in [1.82, 2.24) is 0 Å². The monoisotopic (exact) mass is 221 g/mol. The standard InChI is InChI=1S/C14H23NO/c1-9(16)11-3-2-6-14(8-11)12-5-4-10(7-12)13(14)15/h10-13H,2-8,15H2,1H3/t10-,11-,12+,13+,14-/m1/s1. The fourth-order valence-corrected chi connectivity index (χ4v) is 4.97. The van der Waals surface area contributed by atoms with Gasteiger partial charge >= 0.3 is 0 Å². The van der Waals surface area contributed by atoms with Crippen molar-refractivity contribution in [2.75, 3.05) is 0 Å². The van der Waals surface area contributed by atoms with Gasteiger partial charge in [-0.2, -0.15) is 0 Å². The quantitative estimate of drug-likeness (QED) is 0.739. The molecule has 2 N–H and O–H groups in total. The Labute approximate surface area is 98.0 Å². The van der Waals surface area contributed by atoms with Crippen LogP contribution >= 0.6 is 0 Å². The zero-order valence-electron chi connectivity index (χ0n) is 10.2. The second-order valence-corrected chi connectivity index (χ2v) is 6.43. The van der Waals surface area contributed by atoms with Crippen molar-refractivity contribution >= 4 is 5.78 Å². The van der Waals surface area contributed by atoms with Gasteiger partial charge in [-0.25, -0.2) is 0 Å². The van der Waals surface area contributed by atoms with E-state index in [0.29, 0.717) is 23.2 Å². The second-order valence-electron chi connectivity index (χ2n) is 6.43. The van der Waals surface area contributed by atoms with Gasteiger partial charge in [-0.1, -0.05) is 6.42 Å². The smallest absolute Gasteiger partial charge is 0.132 e. The number of fused-ring (bicyclic) bond motifs is 3. The first-order valence-electron chi connectivity index (χ1n) is 6.89. The zero-order valence-corrected chi connectivity index (χ0v) is 10.2. The molecule has 2 bridgehead atoms. The number of hydrogen-bond donors (Lipinski definition) is 1. The Morgan fingerprint density at radius 1 is 1.31 bits per heavy atom. The lowest BCUT2D eigenvalue weighted by atomic mass is 9.59.